The second kappa shape index (κ2) is 9.83. The lowest BCUT2D eigenvalue weighted by atomic mass is 9.94. The minimum Gasteiger partial charge on any atom is -0.342 e. The van der Waals surface area contributed by atoms with E-state index in [1.165, 1.54) is 17.8 Å². The van der Waals surface area contributed by atoms with E-state index in [1.807, 2.05) is 10.3 Å². The van der Waals surface area contributed by atoms with E-state index >= 15 is 0 Å². The van der Waals surface area contributed by atoms with Crippen molar-refractivity contribution in [3.63, 3.8) is 0 Å². The Morgan fingerprint density at radius 1 is 0.968 bits per heavy atom. The van der Waals surface area contributed by atoms with Crippen LogP contribution in [-0.2, 0) is 4.79 Å². The van der Waals surface area contributed by atoms with E-state index in [0.717, 1.165) is 25.9 Å². The smallest absolute Gasteiger partial charge is 0.265 e. The number of nitrogens with zero attached hydrogens (tertiary/aromatic N) is 2. The Bertz CT molecular complexity index is 949. The highest BCUT2D eigenvalue weighted by Crippen LogP contribution is 2.27. The van der Waals surface area contributed by atoms with Gasteiger partial charge >= 0.3 is 0 Å². The van der Waals surface area contributed by atoms with E-state index in [0.29, 0.717) is 47.1 Å². The number of halogens is 1. The monoisotopic (exact) mass is 459 g/mol. The number of anilines is 1. The van der Waals surface area contributed by atoms with Crippen LogP contribution in [0.5, 0.6) is 0 Å². The highest BCUT2D eigenvalue weighted by Gasteiger charge is 2.31. The van der Waals surface area contributed by atoms with Crippen molar-refractivity contribution >= 4 is 46.3 Å². The molecule has 2 saturated heterocycles. The summed E-state index contributed by atoms with van der Waals surface area (Å²) in [4.78, 5) is 42.5. The minimum atomic E-state index is -0.251. The van der Waals surface area contributed by atoms with Crippen LogP contribution >= 0.6 is 22.9 Å². The molecule has 8 heteroatoms. The zero-order chi connectivity index (χ0) is 21.8. The summed E-state index contributed by atoms with van der Waals surface area (Å²) in [6, 6.07) is 8.47. The molecule has 31 heavy (non-hydrogen) atoms. The quantitative estimate of drug-likeness (QED) is 0.730. The molecule has 0 bridgehead atoms. The molecule has 3 heterocycles. The van der Waals surface area contributed by atoms with Crippen molar-refractivity contribution in [1.82, 2.24) is 9.80 Å². The van der Waals surface area contributed by atoms with Crippen LogP contribution in [0.15, 0.2) is 35.7 Å². The molecule has 1 aromatic carbocycles. The second-order valence-electron chi connectivity index (χ2n) is 8.08. The molecule has 0 spiro atoms. The zero-order valence-electron chi connectivity index (χ0n) is 17.3. The molecular weight excluding hydrogens is 434 g/mol. The van der Waals surface area contributed by atoms with Crippen LogP contribution in [0.4, 0.5) is 5.69 Å². The van der Waals surface area contributed by atoms with Crippen molar-refractivity contribution in [3.8, 4) is 0 Å². The van der Waals surface area contributed by atoms with Gasteiger partial charge in [0.2, 0.25) is 5.91 Å². The topological polar surface area (TPSA) is 69.7 Å². The van der Waals surface area contributed by atoms with Gasteiger partial charge in [0.15, 0.2) is 0 Å². The van der Waals surface area contributed by atoms with E-state index in [1.54, 1.807) is 35.2 Å². The van der Waals surface area contributed by atoms with Crippen molar-refractivity contribution in [1.29, 1.82) is 0 Å². The maximum atomic E-state index is 13.0. The first-order valence-electron chi connectivity index (χ1n) is 10.8. The summed E-state index contributed by atoms with van der Waals surface area (Å²) in [5.74, 6) is -0.101. The normalized spacial score (nSPS) is 17.5. The largest absolute Gasteiger partial charge is 0.342 e. The summed E-state index contributed by atoms with van der Waals surface area (Å²) in [5.41, 5.74) is 0.896. The van der Waals surface area contributed by atoms with Crippen LogP contribution < -0.4 is 5.32 Å². The summed E-state index contributed by atoms with van der Waals surface area (Å²) in [6.45, 7) is 2.84. The van der Waals surface area contributed by atoms with Crippen molar-refractivity contribution in [3.05, 3.63) is 51.2 Å². The SMILES string of the molecule is O=C(Nc1cc(C(=O)N2CCC(C(=O)N3CCCCC3)CC2)ccc1Cl)c1cccs1. The molecule has 2 aliphatic heterocycles. The lowest BCUT2D eigenvalue weighted by molar-refractivity contribution is -0.137. The van der Waals surface area contributed by atoms with E-state index < -0.39 is 0 Å². The first-order chi connectivity index (χ1) is 15.0. The van der Waals surface area contributed by atoms with E-state index in [9.17, 15) is 14.4 Å². The van der Waals surface area contributed by atoms with Gasteiger partial charge in [0.1, 0.15) is 0 Å². The Labute approximate surface area is 191 Å². The van der Waals surface area contributed by atoms with Gasteiger partial charge in [-0.2, -0.15) is 0 Å². The van der Waals surface area contributed by atoms with Gasteiger partial charge in [-0.05, 0) is 61.7 Å². The van der Waals surface area contributed by atoms with E-state index in [2.05, 4.69) is 5.32 Å². The summed E-state index contributed by atoms with van der Waals surface area (Å²) < 4.78 is 0. The van der Waals surface area contributed by atoms with Crippen LogP contribution in [0, 0.1) is 5.92 Å². The summed E-state index contributed by atoms with van der Waals surface area (Å²) in [7, 11) is 0. The Balaban J connectivity index is 1.37. The lowest BCUT2D eigenvalue weighted by Gasteiger charge is -2.35. The van der Waals surface area contributed by atoms with Crippen LogP contribution in [-0.4, -0.2) is 53.7 Å². The number of carbonyl (C=O) groups is 3. The van der Waals surface area contributed by atoms with Crippen LogP contribution in [0.1, 0.15) is 52.1 Å². The molecule has 0 saturated carbocycles. The fourth-order valence-electron chi connectivity index (χ4n) is 4.23. The van der Waals surface area contributed by atoms with E-state index in [-0.39, 0.29) is 23.6 Å². The Kier molecular flexibility index (Phi) is 6.92. The fraction of sp³-hybridized carbons (Fsp3) is 0.435. The third kappa shape index (κ3) is 5.10. The number of piperidine rings is 2. The van der Waals surface area contributed by atoms with Crippen molar-refractivity contribution in [2.24, 2.45) is 5.92 Å². The van der Waals surface area contributed by atoms with Gasteiger partial charge in [0, 0.05) is 37.7 Å². The van der Waals surface area contributed by atoms with Gasteiger partial charge in [-0.3, -0.25) is 14.4 Å². The third-order valence-electron chi connectivity index (χ3n) is 6.01. The fourth-order valence-corrected chi connectivity index (χ4v) is 5.01. The molecule has 0 radical (unpaired) electrons. The highest BCUT2D eigenvalue weighted by atomic mass is 35.5. The van der Waals surface area contributed by atoms with Gasteiger partial charge in [-0.15, -0.1) is 11.3 Å². The first kappa shape index (κ1) is 21.8. The average molecular weight is 460 g/mol. The van der Waals surface area contributed by atoms with Crippen LogP contribution in [0.2, 0.25) is 5.02 Å². The number of hydrogen-bond acceptors (Lipinski definition) is 4. The van der Waals surface area contributed by atoms with E-state index in [4.69, 9.17) is 11.6 Å². The molecule has 0 unspecified atom stereocenters. The summed E-state index contributed by atoms with van der Waals surface area (Å²) >= 11 is 7.58. The molecule has 1 N–H and O–H groups in total. The van der Waals surface area contributed by atoms with Crippen molar-refractivity contribution in [2.75, 3.05) is 31.5 Å². The molecule has 2 aliphatic rings. The molecule has 6 nitrogen and oxygen atoms in total. The predicted molar refractivity (Wildman–Crippen MR) is 123 cm³/mol. The van der Waals surface area contributed by atoms with Gasteiger partial charge < -0.3 is 15.1 Å². The van der Waals surface area contributed by atoms with Gasteiger partial charge in [-0.1, -0.05) is 17.7 Å². The number of amides is 3. The molecule has 2 fully saturated rings. The summed E-state index contributed by atoms with van der Waals surface area (Å²) in [6.07, 6.45) is 4.76. The third-order valence-corrected chi connectivity index (χ3v) is 7.20. The lowest BCUT2D eigenvalue weighted by Crippen LogP contribution is -2.45. The number of rotatable bonds is 4. The van der Waals surface area contributed by atoms with Gasteiger partial charge in [-0.25, -0.2) is 0 Å². The predicted octanol–water partition coefficient (Wildman–Crippen LogP) is 4.52. The van der Waals surface area contributed by atoms with Gasteiger partial charge in [0.05, 0.1) is 15.6 Å². The molecule has 4 rings (SSSR count). The average Bonchev–Trinajstić information content (AvgIpc) is 3.35. The molecule has 1 aromatic heterocycles. The number of benzene rings is 1. The first-order valence-corrected chi connectivity index (χ1v) is 12.0. The standard InChI is InChI=1S/C23H26ClN3O3S/c24-18-7-6-17(15-19(18)25-21(28)20-5-4-14-31-20)23(30)27-12-8-16(9-13-27)22(29)26-10-2-1-3-11-26/h4-7,14-16H,1-3,8-13H2,(H,25,28). The number of carbonyl (C=O) groups excluding carboxylic acids is 3. The molecule has 164 valence electrons. The van der Waals surface area contributed by atoms with Crippen LogP contribution in [0.3, 0.4) is 0 Å². The number of likely N-dealkylation sites (tertiary alicyclic amines) is 2. The van der Waals surface area contributed by atoms with Crippen molar-refractivity contribution < 1.29 is 14.4 Å². The molecule has 0 aliphatic carbocycles. The zero-order valence-corrected chi connectivity index (χ0v) is 18.9. The Morgan fingerprint density at radius 2 is 1.71 bits per heavy atom. The molecular formula is C23H26ClN3O3S. The minimum absolute atomic E-state index is 0.00742. The van der Waals surface area contributed by atoms with Gasteiger partial charge in [0.25, 0.3) is 11.8 Å². The number of hydrogen-bond donors (Lipinski definition) is 1. The van der Waals surface area contributed by atoms with Crippen molar-refractivity contribution in [2.45, 2.75) is 32.1 Å². The molecule has 3 amide bonds. The Morgan fingerprint density at radius 3 is 2.39 bits per heavy atom. The summed E-state index contributed by atoms with van der Waals surface area (Å²) in [5, 5.41) is 5.00. The molecule has 2 aromatic rings. The highest BCUT2D eigenvalue weighted by molar-refractivity contribution is 7.12. The maximum Gasteiger partial charge on any atom is 0.265 e. The molecule has 0 atom stereocenters. The Hall–Kier alpha value is -2.38. The van der Waals surface area contributed by atoms with Crippen LogP contribution in [0.25, 0.3) is 0 Å². The maximum absolute atomic E-state index is 13.0. The number of thiophene rings is 1. The second-order valence-corrected chi connectivity index (χ2v) is 9.43. The number of nitrogens with one attached hydrogen (secondary N) is 1.